The molecule has 6 rings (SSSR count). The van der Waals surface area contributed by atoms with Gasteiger partial charge < -0.3 is 15.6 Å². The van der Waals surface area contributed by atoms with Crippen LogP contribution in [0.25, 0.3) is 0 Å². The maximum absolute atomic E-state index is 13.8. The van der Waals surface area contributed by atoms with E-state index in [1.165, 1.54) is 6.07 Å². The summed E-state index contributed by atoms with van der Waals surface area (Å²) in [6.45, 7) is 0.239. The van der Waals surface area contributed by atoms with Gasteiger partial charge in [0, 0.05) is 17.5 Å². The lowest BCUT2D eigenvalue weighted by atomic mass is 9.56. The minimum Gasteiger partial charge on any atom is -0.508 e. The number of phenols is 1. The highest BCUT2D eigenvalue weighted by Gasteiger charge is 2.76. The summed E-state index contributed by atoms with van der Waals surface area (Å²) in [5.41, 5.74) is 6.75. The van der Waals surface area contributed by atoms with Gasteiger partial charge >= 0.3 is 6.03 Å². The number of nitrogens with zero attached hydrogens (tertiary/aromatic N) is 2. The molecule has 13 heteroatoms. The first-order valence-electron chi connectivity index (χ1n) is 13.1. The largest absolute Gasteiger partial charge is 0.508 e. The molecule has 6 amide bonds. The number of benzene rings is 2. The molecular weight excluding hydrogens is 653 g/mol. The quantitative estimate of drug-likeness (QED) is 0.212. The van der Waals surface area contributed by atoms with E-state index in [9.17, 15) is 29.1 Å². The number of phenolic OH excluding ortho intramolecular Hbond substituents is 1. The second-order valence-corrected chi connectivity index (χ2v) is 12.6. The van der Waals surface area contributed by atoms with E-state index in [4.69, 9.17) is 33.7 Å². The van der Waals surface area contributed by atoms with E-state index in [0.717, 1.165) is 10.5 Å². The van der Waals surface area contributed by atoms with E-state index in [1.807, 2.05) is 30.3 Å². The molecule has 42 heavy (non-hydrogen) atoms. The Labute approximate surface area is 258 Å². The number of fused-ring (bicyclic) bond motifs is 4. The van der Waals surface area contributed by atoms with Crippen molar-refractivity contribution in [3.05, 3.63) is 71.3 Å². The molecule has 2 aromatic carbocycles. The van der Waals surface area contributed by atoms with Crippen LogP contribution in [0.4, 0.5) is 4.79 Å². The number of allylic oxidation sites excluding steroid dienone is 2. The maximum atomic E-state index is 13.8. The molecule has 3 fully saturated rings. The number of likely N-dealkylation sites (tertiary alicyclic amines) is 2. The number of hydrogen-bond donors (Lipinski definition) is 2. The van der Waals surface area contributed by atoms with Gasteiger partial charge in [0.2, 0.25) is 11.8 Å². The number of carbonyl (C=O) groups excluding carboxylic acids is 5. The molecule has 0 bridgehead atoms. The van der Waals surface area contributed by atoms with Gasteiger partial charge in [0.15, 0.2) is 9.75 Å². The lowest BCUT2D eigenvalue weighted by Gasteiger charge is -2.50. The number of ether oxygens (including phenoxy) is 1. The van der Waals surface area contributed by atoms with E-state index in [-0.39, 0.29) is 36.2 Å². The lowest BCUT2D eigenvalue weighted by molar-refractivity contribution is -0.139. The highest BCUT2D eigenvalue weighted by molar-refractivity contribution is 9.09. The van der Waals surface area contributed by atoms with Crippen LogP contribution in [0.15, 0.2) is 60.2 Å². The zero-order valence-corrected chi connectivity index (χ0v) is 24.9. The molecule has 4 aliphatic rings. The molecular formula is C29H24BrCl2N3O7. The predicted octanol–water partition coefficient (Wildman–Crippen LogP) is 3.76. The molecule has 2 aromatic rings. The lowest BCUT2D eigenvalue weighted by Crippen LogP contribution is -2.60. The molecule has 0 radical (unpaired) electrons. The molecule has 0 aromatic heterocycles. The highest BCUT2D eigenvalue weighted by atomic mass is 79.9. The summed E-state index contributed by atoms with van der Waals surface area (Å²) in [5.74, 6) is -6.93. The number of nitrogens with two attached hydrogens (primary N) is 1. The first kappa shape index (κ1) is 28.7. The van der Waals surface area contributed by atoms with Crippen molar-refractivity contribution < 1.29 is 33.8 Å². The van der Waals surface area contributed by atoms with Gasteiger partial charge in [-0.05, 0) is 30.4 Å². The Morgan fingerprint density at radius 3 is 2.40 bits per heavy atom. The van der Waals surface area contributed by atoms with Crippen LogP contribution in [-0.2, 0) is 25.8 Å². The number of alkyl halides is 3. The van der Waals surface area contributed by atoms with E-state index >= 15 is 0 Å². The van der Waals surface area contributed by atoms with Gasteiger partial charge in [0.1, 0.15) is 18.1 Å². The van der Waals surface area contributed by atoms with Gasteiger partial charge in [0.05, 0.1) is 17.3 Å². The van der Waals surface area contributed by atoms with Crippen molar-refractivity contribution in [1.29, 1.82) is 0 Å². The van der Waals surface area contributed by atoms with E-state index in [0.29, 0.717) is 16.2 Å². The molecule has 3 N–H and O–H groups in total. The minimum absolute atomic E-state index is 0.0624. The SMILES string of the molecule is NC(=O)N1C(=O)C2CC=C3C(CC4(Cl)C(=O)N(CBr)C(=O)C4(Cl)C3c3ccc(OCc4ccccc4)cc3O)C2C1=O. The third-order valence-electron chi connectivity index (χ3n) is 8.80. The van der Waals surface area contributed by atoms with Crippen molar-refractivity contribution in [2.45, 2.75) is 35.1 Å². The summed E-state index contributed by atoms with van der Waals surface area (Å²) < 4.78 is 5.84. The van der Waals surface area contributed by atoms with Gasteiger partial charge in [-0.3, -0.25) is 24.1 Å². The number of aromatic hydroxyl groups is 1. The molecule has 2 saturated heterocycles. The summed E-state index contributed by atoms with van der Waals surface area (Å²) in [6, 6.07) is 12.8. The molecule has 2 heterocycles. The van der Waals surface area contributed by atoms with Crippen LogP contribution < -0.4 is 10.5 Å². The van der Waals surface area contributed by atoms with Gasteiger partial charge in [-0.15, -0.1) is 23.2 Å². The maximum Gasteiger partial charge on any atom is 0.328 e. The number of hydrogen-bond acceptors (Lipinski definition) is 7. The molecule has 1 saturated carbocycles. The van der Waals surface area contributed by atoms with Crippen molar-refractivity contribution >= 4 is 68.8 Å². The fourth-order valence-electron chi connectivity index (χ4n) is 6.91. The molecule has 2 aliphatic carbocycles. The molecule has 10 nitrogen and oxygen atoms in total. The van der Waals surface area contributed by atoms with E-state index in [2.05, 4.69) is 15.9 Å². The van der Waals surface area contributed by atoms with Crippen LogP contribution in [0.1, 0.15) is 29.9 Å². The molecule has 218 valence electrons. The average molecular weight is 677 g/mol. The monoisotopic (exact) mass is 675 g/mol. The third-order valence-corrected chi connectivity index (χ3v) is 10.7. The normalized spacial score (nSPS) is 31.9. The zero-order chi connectivity index (χ0) is 30.1. The highest BCUT2D eigenvalue weighted by Crippen LogP contribution is 2.66. The topological polar surface area (TPSA) is 147 Å². The van der Waals surface area contributed by atoms with Crippen LogP contribution in [0.5, 0.6) is 11.5 Å². The van der Waals surface area contributed by atoms with Gasteiger partial charge in [-0.25, -0.2) is 4.79 Å². The predicted molar refractivity (Wildman–Crippen MR) is 154 cm³/mol. The van der Waals surface area contributed by atoms with Gasteiger partial charge in [-0.2, -0.15) is 4.90 Å². The number of halogens is 3. The zero-order valence-electron chi connectivity index (χ0n) is 21.8. The minimum atomic E-state index is -2.08. The second-order valence-electron chi connectivity index (χ2n) is 10.8. The fourth-order valence-corrected chi connectivity index (χ4v) is 8.33. The van der Waals surface area contributed by atoms with Crippen LogP contribution in [-0.4, -0.2) is 59.8 Å². The Bertz CT molecular complexity index is 1590. The number of rotatable bonds is 5. The van der Waals surface area contributed by atoms with Crippen LogP contribution in [0, 0.1) is 17.8 Å². The van der Waals surface area contributed by atoms with Crippen molar-refractivity contribution in [3.8, 4) is 11.5 Å². The van der Waals surface area contributed by atoms with Crippen LogP contribution in [0.2, 0.25) is 0 Å². The van der Waals surface area contributed by atoms with E-state index < -0.39 is 63.1 Å². The Balaban J connectivity index is 1.46. The van der Waals surface area contributed by atoms with Crippen molar-refractivity contribution in [2.24, 2.45) is 23.5 Å². The summed E-state index contributed by atoms with van der Waals surface area (Å²) in [4.78, 5) is 63.1. The number of amides is 6. The number of imide groups is 4. The molecule has 0 spiro atoms. The summed E-state index contributed by atoms with van der Waals surface area (Å²) in [5, 5.41) is 11.3. The average Bonchev–Trinajstić information content (AvgIpc) is 3.30. The summed E-state index contributed by atoms with van der Waals surface area (Å²) in [7, 11) is 0. The standard InChI is InChI=1S/C29H24BrCl2N3O7/c30-13-34-25(39)28(31)11-19-16(8-9-18-21(19)24(38)35(23(18)37)27(33)41)22(29(28,32)26(34)40)17-7-6-15(10-20(17)36)42-12-14-4-2-1-3-5-14/h1-8,10,18-19,21-22,36H,9,11-13H2,(H2,33,41). The number of carbonyl (C=O) groups is 5. The van der Waals surface area contributed by atoms with Crippen molar-refractivity contribution in [3.63, 3.8) is 0 Å². The molecule has 2 aliphatic heterocycles. The Kier molecular flexibility index (Phi) is 6.90. The van der Waals surface area contributed by atoms with Crippen LogP contribution >= 0.6 is 39.1 Å². The first-order chi connectivity index (χ1) is 20.0. The Hall–Kier alpha value is -3.41. The first-order valence-corrected chi connectivity index (χ1v) is 15.0. The Morgan fingerprint density at radius 1 is 1.05 bits per heavy atom. The Morgan fingerprint density at radius 2 is 1.76 bits per heavy atom. The summed E-state index contributed by atoms with van der Waals surface area (Å²) >= 11 is 17.4. The van der Waals surface area contributed by atoms with Gasteiger partial charge in [-0.1, -0.05) is 64.0 Å². The van der Waals surface area contributed by atoms with Crippen molar-refractivity contribution in [1.82, 2.24) is 9.80 Å². The van der Waals surface area contributed by atoms with Crippen LogP contribution in [0.3, 0.4) is 0 Å². The second kappa shape index (κ2) is 10.1. The van der Waals surface area contributed by atoms with Crippen molar-refractivity contribution in [2.75, 3.05) is 5.45 Å². The van der Waals surface area contributed by atoms with E-state index in [1.54, 1.807) is 18.2 Å². The smallest absolute Gasteiger partial charge is 0.328 e. The third kappa shape index (κ3) is 3.86. The summed E-state index contributed by atoms with van der Waals surface area (Å²) in [6.07, 6.45) is 1.51. The molecule has 6 unspecified atom stereocenters. The number of primary amides is 1. The fraction of sp³-hybridized carbons (Fsp3) is 0.345. The van der Waals surface area contributed by atoms with Gasteiger partial charge in [0.25, 0.3) is 11.8 Å². The number of urea groups is 1. The molecule has 6 atom stereocenters.